The third kappa shape index (κ3) is 5.26. The van der Waals surface area contributed by atoms with Gasteiger partial charge in [0.25, 0.3) is 5.91 Å². The zero-order valence-corrected chi connectivity index (χ0v) is 16.1. The third-order valence-corrected chi connectivity index (χ3v) is 4.54. The molecule has 0 aliphatic carbocycles. The molecule has 0 bridgehead atoms. The van der Waals surface area contributed by atoms with Crippen molar-refractivity contribution in [3.05, 3.63) is 22.7 Å². The quantitative estimate of drug-likeness (QED) is 0.699. The Balaban J connectivity index is 2.00. The molecule has 0 unspecified atom stereocenters. The highest BCUT2D eigenvalue weighted by molar-refractivity contribution is 6.32. The van der Waals surface area contributed by atoms with Gasteiger partial charge in [0, 0.05) is 13.1 Å². The predicted molar refractivity (Wildman–Crippen MR) is 98.0 cm³/mol. The van der Waals surface area contributed by atoms with Crippen LogP contribution in [0.1, 0.15) is 30.1 Å². The molecule has 0 saturated carbocycles. The summed E-state index contributed by atoms with van der Waals surface area (Å²) in [5.41, 5.74) is 5.45. The summed E-state index contributed by atoms with van der Waals surface area (Å²) in [5, 5.41) is 0.204. The maximum atomic E-state index is 12.3. The van der Waals surface area contributed by atoms with Crippen LogP contribution in [0.4, 0.5) is 0 Å². The molecule has 1 aromatic rings. The van der Waals surface area contributed by atoms with Gasteiger partial charge in [0.15, 0.2) is 18.1 Å². The lowest BCUT2D eigenvalue weighted by molar-refractivity contribution is -0.137. The first-order chi connectivity index (χ1) is 12.9. The van der Waals surface area contributed by atoms with Gasteiger partial charge in [-0.05, 0) is 31.9 Å². The Morgan fingerprint density at radius 1 is 1.33 bits per heavy atom. The number of primary amides is 1. The van der Waals surface area contributed by atoms with E-state index in [1.54, 1.807) is 6.92 Å². The first-order valence-corrected chi connectivity index (χ1v) is 8.99. The number of carbonyl (C=O) groups is 3. The summed E-state index contributed by atoms with van der Waals surface area (Å²) in [4.78, 5) is 37.3. The van der Waals surface area contributed by atoms with E-state index < -0.39 is 18.5 Å². The summed E-state index contributed by atoms with van der Waals surface area (Å²) in [6, 6.07) is 2.83. The number of esters is 1. The van der Waals surface area contributed by atoms with E-state index in [-0.39, 0.29) is 29.0 Å². The molecule has 1 aliphatic rings. The Morgan fingerprint density at radius 2 is 2.07 bits per heavy atom. The number of rotatable bonds is 7. The SMILES string of the molecule is CCOc1c(Cl)cc(C(=O)OCC(=O)N2CCC[C@H](C(N)=O)C2)cc1OC. The van der Waals surface area contributed by atoms with Gasteiger partial charge in [0.05, 0.1) is 30.2 Å². The molecule has 1 atom stereocenters. The minimum Gasteiger partial charge on any atom is -0.493 e. The molecule has 1 saturated heterocycles. The van der Waals surface area contributed by atoms with Crippen LogP contribution in [-0.4, -0.2) is 56.1 Å². The largest absolute Gasteiger partial charge is 0.493 e. The molecule has 8 nitrogen and oxygen atoms in total. The monoisotopic (exact) mass is 398 g/mol. The molecule has 2 N–H and O–H groups in total. The molecule has 0 aromatic heterocycles. The van der Waals surface area contributed by atoms with Crippen molar-refractivity contribution in [1.82, 2.24) is 4.90 Å². The molecule has 1 heterocycles. The second-order valence-electron chi connectivity index (χ2n) is 6.08. The van der Waals surface area contributed by atoms with E-state index >= 15 is 0 Å². The van der Waals surface area contributed by atoms with Gasteiger partial charge < -0.3 is 24.8 Å². The first kappa shape index (κ1) is 20.8. The van der Waals surface area contributed by atoms with Crippen molar-refractivity contribution in [3.63, 3.8) is 0 Å². The van der Waals surface area contributed by atoms with Crippen LogP contribution in [0.25, 0.3) is 0 Å². The van der Waals surface area contributed by atoms with Crippen molar-refractivity contribution < 1.29 is 28.6 Å². The molecule has 1 aliphatic heterocycles. The molecule has 9 heteroatoms. The fourth-order valence-corrected chi connectivity index (χ4v) is 3.13. The van der Waals surface area contributed by atoms with Gasteiger partial charge in [0.2, 0.25) is 5.91 Å². The van der Waals surface area contributed by atoms with E-state index in [0.29, 0.717) is 37.5 Å². The van der Waals surface area contributed by atoms with Crippen molar-refractivity contribution in [2.75, 3.05) is 33.4 Å². The van der Waals surface area contributed by atoms with Crippen molar-refractivity contribution in [2.24, 2.45) is 11.7 Å². The number of benzene rings is 1. The molecule has 1 fully saturated rings. The Hall–Kier alpha value is -2.48. The standard InChI is InChI=1S/C18H23ClN2O6/c1-3-26-16-13(19)7-12(8-14(16)25-2)18(24)27-10-15(22)21-6-4-5-11(9-21)17(20)23/h7-8,11H,3-6,9-10H2,1-2H3,(H2,20,23)/t11-/m0/s1. The van der Waals surface area contributed by atoms with E-state index in [1.807, 2.05) is 0 Å². The Kier molecular flexibility index (Phi) is 7.29. The fraction of sp³-hybridized carbons (Fsp3) is 0.500. The summed E-state index contributed by atoms with van der Waals surface area (Å²) in [7, 11) is 1.43. The van der Waals surface area contributed by atoms with E-state index in [2.05, 4.69) is 0 Å². The Bertz CT molecular complexity index is 724. The topological polar surface area (TPSA) is 108 Å². The van der Waals surface area contributed by atoms with Crippen LogP contribution in [0.3, 0.4) is 0 Å². The Labute approximate surface area is 162 Å². The summed E-state index contributed by atoms with van der Waals surface area (Å²) in [6.07, 6.45) is 1.34. The van der Waals surface area contributed by atoms with Crippen molar-refractivity contribution >= 4 is 29.4 Å². The summed E-state index contributed by atoms with van der Waals surface area (Å²) in [5.74, 6) is -1.26. The van der Waals surface area contributed by atoms with Crippen LogP contribution in [0.2, 0.25) is 5.02 Å². The minimum absolute atomic E-state index is 0.141. The number of hydrogen-bond donors (Lipinski definition) is 1. The number of nitrogens with two attached hydrogens (primary N) is 1. The second-order valence-corrected chi connectivity index (χ2v) is 6.49. The van der Waals surface area contributed by atoms with Crippen LogP contribution in [-0.2, 0) is 14.3 Å². The molecule has 148 valence electrons. The fourth-order valence-electron chi connectivity index (χ4n) is 2.86. The molecule has 27 heavy (non-hydrogen) atoms. The minimum atomic E-state index is -0.713. The molecule has 0 radical (unpaired) electrons. The van der Waals surface area contributed by atoms with Gasteiger partial charge in [-0.1, -0.05) is 11.6 Å². The van der Waals surface area contributed by atoms with Crippen molar-refractivity contribution in [3.8, 4) is 11.5 Å². The zero-order valence-electron chi connectivity index (χ0n) is 15.3. The summed E-state index contributed by atoms with van der Waals surface area (Å²) in [6.45, 7) is 2.50. The number of methoxy groups -OCH3 is 1. The van der Waals surface area contributed by atoms with Crippen LogP contribution < -0.4 is 15.2 Å². The van der Waals surface area contributed by atoms with Gasteiger partial charge in [-0.25, -0.2) is 4.79 Å². The number of piperidine rings is 1. The number of carbonyl (C=O) groups excluding carboxylic acids is 3. The highest BCUT2D eigenvalue weighted by Crippen LogP contribution is 2.36. The number of ether oxygens (including phenoxy) is 3. The van der Waals surface area contributed by atoms with Gasteiger partial charge in [-0.15, -0.1) is 0 Å². The van der Waals surface area contributed by atoms with Gasteiger partial charge in [-0.3, -0.25) is 9.59 Å². The molecule has 2 amide bonds. The lowest BCUT2D eigenvalue weighted by Crippen LogP contribution is -2.45. The molecule has 2 rings (SSSR count). The first-order valence-electron chi connectivity index (χ1n) is 8.61. The highest BCUT2D eigenvalue weighted by Gasteiger charge is 2.27. The third-order valence-electron chi connectivity index (χ3n) is 4.26. The molecule has 0 spiro atoms. The number of nitrogens with zero attached hydrogens (tertiary/aromatic N) is 1. The lowest BCUT2D eigenvalue weighted by atomic mass is 9.97. The van der Waals surface area contributed by atoms with Crippen molar-refractivity contribution in [2.45, 2.75) is 19.8 Å². The van der Waals surface area contributed by atoms with Crippen LogP contribution >= 0.6 is 11.6 Å². The lowest BCUT2D eigenvalue weighted by Gasteiger charge is -2.31. The van der Waals surface area contributed by atoms with E-state index in [0.717, 1.165) is 0 Å². The average molecular weight is 399 g/mol. The molecular weight excluding hydrogens is 376 g/mol. The van der Waals surface area contributed by atoms with Gasteiger partial charge in [0.1, 0.15) is 0 Å². The van der Waals surface area contributed by atoms with E-state index in [1.165, 1.54) is 24.1 Å². The molecule has 1 aromatic carbocycles. The smallest absolute Gasteiger partial charge is 0.338 e. The van der Waals surface area contributed by atoms with Crippen molar-refractivity contribution in [1.29, 1.82) is 0 Å². The predicted octanol–water partition coefficient (Wildman–Crippen LogP) is 1.63. The maximum absolute atomic E-state index is 12.3. The summed E-state index contributed by atoms with van der Waals surface area (Å²) < 4.78 is 15.7. The maximum Gasteiger partial charge on any atom is 0.338 e. The van der Waals surface area contributed by atoms with Gasteiger partial charge in [-0.2, -0.15) is 0 Å². The van der Waals surface area contributed by atoms with Gasteiger partial charge >= 0.3 is 5.97 Å². The molecular formula is C18H23ClN2O6. The normalized spacial score (nSPS) is 16.6. The number of amides is 2. The average Bonchev–Trinajstić information content (AvgIpc) is 2.67. The number of halogens is 1. The van der Waals surface area contributed by atoms with Crippen LogP contribution in [0.5, 0.6) is 11.5 Å². The zero-order chi connectivity index (χ0) is 20.0. The highest BCUT2D eigenvalue weighted by atomic mass is 35.5. The van der Waals surface area contributed by atoms with Crippen LogP contribution in [0, 0.1) is 5.92 Å². The Morgan fingerprint density at radius 3 is 2.70 bits per heavy atom. The summed E-state index contributed by atoms with van der Waals surface area (Å²) >= 11 is 6.13. The number of likely N-dealkylation sites (tertiary alicyclic amines) is 1. The van der Waals surface area contributed by atoms with E-state index in [4.69, 9.17) is 31.5 Å². The van der Waals surface area contributed by atoms with Crippen LogP contribution in [0.15, 0.2) is 12.1 Å². The number of hydrogen-bond acceptors (Lipinski definition) is 6. The van der Waals surface area contributed by atoms with E-state index in [9.17, 15) is 14.4 Å². The second kappa shape index (κ2) is 9.45.